The molecule has 0 saturated heterocycles. The molecule has 0 bridgehead atoms. The highest BCUT2D eigenvalue weighted by atomic mass is 15.3. The van der Waals surface area contributed by atoms with E-state index in [4.69, 9.17) is 0 Å². The molecular formula is C14H23N5. The third-order valence-corrected chi connectivity index (χ3v) is 3.26. The highest BCUT2D eigenvalue weighted by molar-refractivity contribution is 5.25. The van der Waals surface area contributed by atoms with Crippen molar-refractivity contribution in [3.8, 4) is 0 Å². The summed E-state index contributed by atoms with van der Waals surface area (Å²) in [5.41, 5.74) is 3.43. The fourth-order valence-electron chi connectivity index (χ4n) is 2.42. The van der Waals surface area contributed by atoms with E-state index in [0.29, 0.717) is 0 Å². The van der Waals surface area contributed by atoms with Crippen molar-refractivity contribution >= 4 is 0 Å². The second-order valence-electron chi connectivity index (χ2n) is 4.78. The van der Waals surface area contributed by atoms with Gasteiger partial charge >= 0.3 is 0 Å². The molecule has 2 aromatic heterocycles. The lowest BCUT2D eigenvalue weighted by atomic mass is 10.1. The van der Waals surface area contributed by atoms with Gasteiger partial charge in [-0.3, -0.25) is 9.36 Å². The van der Waals surface area contributed by atoms with Crippen molar-refractivity contribution in [2.45, 2.75) is 46.3 Å². The zero-order valence-electron chi connectivity index (χ0n) is 12.2. The van der Waals surface area contributed by atoms with E-state index >= 15 is 0 Å². The van der Waals surface area contributed by atoms with Gasteiger partial charge in [0, 0.05) is 24.8 Å². The third-order valence-electron chi connectivity index (χ3n) is 3.26. The van der Waals surface area contributed by atoms with Crippen LogP contribution in [0.2, 0.25) is 0 Å². The molecule has 1 N–H and O–H groups in total. The SMILES string of the molecule is CCCn1cc(C(NC)c2cc(C)nn2CC)cn1. The van der Waals surface area contributed by atoms with Crippen LogP contribution in [0.15, 0.2) is 18.5 Å². The Kier molecular flexibility index (Phi) is 4.37. The normalized spacial score (nSPS) is 12.8. The standard InChI is InChI=1S/C14H23N5/c1-5-7-18-10-12(9-16-18)14(15-4)13-8-11(3)17-19(13)6-2/h8-10,14-15H,5-7H2,1-4H3. The third kappa shape index (κ3) is 2.87. The van der Waals surface area contributed by atoms with Gasteiger partial charge in [0.25, 0.3) is 0 Å². The Balaban J connectivity index is 2.32. The van der Waals surface area contributed by atoms with Crippen LogP contribution in [0.25, 0.3) is 0 Å². The molecule has 5 heteroatoms. The molecule has 0 radical (unpaired) electrons. The molecular weight excluding hydrogens is 238 g/mol. The molecule has 5 nitrogen and oxygen atoms in total. The summed E-state index contributed by atoms with van der Waals surface area (Å²) in [5, 5.41) is 12.3. The van der Waals surface area contributed by atoms with Gasteiger partial charge in [0.2, 0.25) is 0 Å². The van der Waals surface area contributed by atoms with Crippen molar-refractivity contribution in [2.75, 3.05) is 7.05 Å². The molecule has 0 amide bonds. The molecule has 104 valence electrons. The van der Waals surface area contributed by atoms with Gasteiger partial charge in [-0.1, -0.05) is 6.92 Å². The number of rotatable bonds is 6. The van der Waals surface area contributed by atoms with Crippen LogP contribution in [-0.2, 0) is 13.1 Å². The number of aromatic nitrogens is 4. The maximum atomic E-state index is 4.52. The van der Waals surface area contributed by atoms with Crippen LogP contribution in [0.5, 0.6) is 0 Å². The number of nitrogens with one attached hydrogen (secondary N) is 1. The second-order valence-corrected chi connectivity index (χ2v) is 4.78. The minimum Gasteiger partial charge on any atom is -0.308 e. The first-order chi connectivity index (χ1) is 9.19. The average Bonchev–Trinajstić information content (AvgIpc) is 2.98. The molecule has 0 fully saturated rings. The smallest absolute Gasteiger partial charge is 0.0776 e. The lowest BCUT2D eigenvalue weighted by molar-refractivity contribution is 0.559. The van der Waals surface area contributed by atoms with Crippen molar-refractivity contribution in [3.63, 3.8) is 0 Å². The molecule has 19 heavy (non-hydrogen) atoms. The minimum atomic E-state index is 0.145. The monoisotopic (exact) mass is 261 g/mol. The van der Waals surface area contributed by atoms with Gasteiger partial charge in [0.15, 0.2) is 0 Å². The molecule has 0 aliphatic rings. The highest BCUT2D eigenvalue weighted by Crippen LogP contribution is 2.22. The van der Waals surface area contributed by atoms with E-state index in [1.165, 1.54) is 11.3 Å². The van der Waals surface area contributed by atoms with Crippen LogP contribution >= 0.6 is 0 Å². The summed E-state index contributed by atoms with van der Waals surface area (Å²) in [6.07, 6.45) is 5.16. The number of hydrogen-bond donors (Lipinski definition) is 1. The first-order valence-corrected chi connectivity index (χ1v) is 6.93. The average molecular weight is 261 g/mol. The molecule has 0 saturated carbocycles. The quantitative estimate of drug-likeness (QED) is 0.866. The van der Waals surface area contributed by atoms with Gasteiger partial charge in [-0.15, -0.1) is 0 Å². The maximum Gasteiger partial charge on any atom is 0.0776 e. The van der Waals surface area contributed by atoms with E-state index in [0.717, 1.165) is 25.2 Å². The molecule has 0 aliphatic carbocycles. The van der Waals surface area contributed by atoms with Crippen LogP contribution < -0.4 is 5.32 Å². The highest BCUT2D eigenvalue weighted by Gasteiger charge is 2.18. The molecule has 0 aliphatic heterocycles. The van der Waals surface area contributed by atoms with Gasteiger partial charge in [-0.05, 0) is 33.4 Å². The van der Waals surface area contributed by atoms with E-state index in [1.807, 2.05) is 29.5 Å². The van der Waals surface area contributed by atoms with Gasteiger partial charge in [-0.25, -0.2) is 0 Å². The van der Waals surface area contributed by atoms with E-state index < -0.39 is 0 Å². The first kappa shape index (κ1) is 13.8. The van der Waals surface area contributed by atoms with Crippen LogP contribution in [0, 0.1) is 6.92 Å². The summed E-state index contributed by atoms with van der Waals surface area (Å²) < 4.78 is 4.05. The Hall–Kier alpha value is -1.62. The van der Waals surface area contributed by atoms with Crippen LogP contribution in [0.4, 0.5) is 0 Å². The summed E-state index contributed by atoms with van der Waals surface area (Å²) in [6.45, 7) is 8.14. The van der Waals surface area contributed by atoms with E-state index in [2.05, 4.69) is 41.6 Å². The van der Waals surface area contributed by atoms with Crippen molar-refractivity contribution in [2.24, 2.45) is 0 Å². The molecule has 2 rings (SSSR count). The van der Waals surface area contributed by atoms with Crippen LogP contribution in [-0.4, -0.2) is 26.6 Å². The van der Waals surface area contributed by atoms with Crippen molar-refractivity contribution in [1.82, 2.24) is 24.9 Å². The van der Waals surface area contributed by atoms with Gasteiger partial charge in [0.05, 0.1) is 23.6 Å². The lowest BCUT2D eigenvalue weighted by Gasteiger charge is -2.15. The summed E-state index contributed by atoms with van der Waals surface area (Å²) in [4.78, 5) is 0. The first-order valence-electron chi connectivity index (χ1n) is 6.93. The fraction of sp³-hybridized carbons (Fsp3) is 0.571. The molecule has 1 atom stereocenters. The Labute approximate surface area is 114 Å². The van der Waals surface area contributed by atoms with Crippen LogP contribution in [0.1, 0.15) is 43.3 Å². The molecule has 2 heterocycles. The predicted molar refractivity (Wildman–Crippen MR) is 76.1 cm³/mol. The Morgan fingerprint density at radius 3 is 2.79 bits per heavy atom. The zero-order valence-corrected chi connectivity index (χ0v) is 12.2. The number of hydrogen-bond acceptors (Lipinski definition) is 3. The van der Waals surface area contributed by atoms with Crippen molar-refractivity contribution < 1.29 is 0 Å². The maximum absolute atomic E-state index is 4.52. The Bertz CT molecular complexity index is 526. The van der Waals surface area contributed by atoms with E-state index in [-0.39, 0.29) is 6.04 Å². The van der Waals surface area contributed by atoms with Gasteiger partial charge in [0.1, 0.15) is 0 Å². The number of nitrogens with zero attached hydrogens (tertiary/aromatic N) is 4. The summed E-state index contributed by atoms with van der Waals surface area (Å²) in [5.74, 6) is 0. The number of aryl methyl sites for hydroxylation is 3. The van der Waals surface area contributed by atoms with E-state index in [9.17, 15) is 0 Å². The largest absolute Gasteiger partial charge is 0.308 e. The lowest BCUT2D eigenvalue weighted by Crippen LogP contribution is -2.21. The topological polar surface area (TPSA) is 47.7 Å². The Morgan fingerprint density at radius 2 is 2.16 bits per heavy atom. The van der Waals surface area contributed by atoms with Gasteiger partial charge < -0.3 is 5.32 Å². The van der Waals surface area contributed by atoms with Gasteiger partial charge in [-0.2, -0.15) is 10.2 Å². The van der Waals surface area contributed by atoms with E-state index in [1.54, 1.807) is 0 Å². The van der Waals surface area contributed by atoms with Crippen molar-refractivity contribution in [1.29, 1.82) is 0 Å². The predicted octanol–water partition coefficient (Wildman–Crippen LogP) is 2.13. The molecule has 2 aromatic rings. The molecule has 0 aromatic carbocycles. The van der Waals surface area contributed by atoms with Crippen molar-refractivity contribution in [3.05, 3.63) is 35.4 Å². The summed E-state index contributed by atoms with van der Waals surface area (Å²) >= 11 is 0. The second kappa shape index (κ2) is 6.02. The minimum absolute atomic E-state index is 0.145. The molecule has 1 unspecified atom stereocenters. The zero-order chi connectivity index (χ0) is 13.8. The summed E-state index contributed by atoms with van der Waals surface area (Å²) in [6, 6.07) is 2.29. The Morgan fingerprint density at radius 1 is 1.37 bits per heavy atom. The van der Waals surface area contributed by atoms with Crippen LogP contribution in [0.3, 0.4) is 0 Å². The fourth-order valence-corrected chi connectivity index (χ4v) is 2.42. The summed E-state index contributed by atoms with van der Waals surface area (Å²) in [7, 11) is 1.98. The molecule has 0 spiro atoms.